The van der Waals surface area contributed by atoms with Gasteiger partial charge in [-0.05, 0) is 6.92 Å². The minimum absolute atomic E-state index is 0.152. The van der Waals surface area contributed by atoms with E-state index in [1.807, 2.05) is 0 Å². The zero-order valence-corrected chi connectivity index (χ0v) is 7.40. The predicted octanol–water partition coefficient (Wildman–Crippen LogP) is 0.595. The standard InChI is InChI=1S/C8H9NO5/c1-2-14-8(13)5-6(10)4(3-9-5)7(11)12/h3,9-10H,2H2,1H3,(H,11,12). The van der Waals surface area contributed by atoms with Crippen molar-refractivity contribution in [3.63, 3.8) is 0 Å². The second-order valence-electron chi connectivity index (χ2n) is 2.45. The Balaban J connectivity index is 3.00. The highest BCUT2D eigenvalue weighted by Crippen LogP contribution is 2.22. The molecule has 1 aromatic rings. The summed E-state index contributed by atoms with van der Waals surface area (Å²) in [5.74, 6) is -2.69. The lowest BCUT2D eigenvalue weighted by Gasteiger charge is -1.99. The van der Waals surface area contributed by atoms with E-state index in [4.69, 9.17) is 5.11 Å². The first-order valence-corrected chi connectivity index (χ1v) is 3.88. The van der Waals surface area contributed by atoms with Gasteiger partial charge in [0.05, 0.1) is 6.61 Å². The van der Waals surface area contributed by atoms with Crippen molar-refractivity contribution in [1.82, 2.24) is 4.98 Å². The number of carboxylic acid groups (broad SMARTS) is 1. The highest BCUT2D eigenvalue weighted by molar-refractivity contribution is 5.98. The van der Waals surface area contributed by atoms with E-state index in [0.29, 0.717) is 0 Å². The highest BCUT2D eigenvalue weighted by atomic mass is 16.5. The molecule has 0 unspecified atom stereocenters. The van der Waals surface area contributed by atoms with Crippen molar-refractivity contribution in [1.29, 1.82) is 0 Å². The fourth-order valence-electron chi connectivity index (χ4n) is 0.938. The Morgan fingerprint density at radius 2 is 2.21 bits per heavy atom. The molecule has 0 spiro atoms. The van der Waals surface area contributed by atoms with E-state index in [0.717, 1.165) is 6.20 Å². The molecule has 0 amide bonds. The second kappa shape index (κ2) is 3.82. The Hall–Kier alpha value is -1.98. The largest absolute Gasteiger partial charge is 0.505 e. The number of carboxylic acids is 1. The number of carbonyl (C=O) groups excluding carboxylic acids is 1. The molecular weight excluding hydrogens is 190 g/mol. The molecule has 0 aromatic carbocycles. The summed E-state index contributed by atoms with van der Waals surface area (Å²) >= 11 is 0. The molecule has 0 fully saturated rings. The van der Waals surface area contributed by atoms with Crippen LogP contribution >= 0.6 is 0 Å². The van der Waals surface area contributed by atoms with Crippen LogP contribution < -0.4 is 0 Å². The minimum atomic E-state index is -1.31. The van der Waals surface area contributed by atoms with Gasteiger partial charge in [-0.2, -0.15) is 0 Å². The summed E-state index contributed by atoms with van der Waals surface area (Å²) in [6, 6.07) is 0. The average molecular weight is 199 g/mol. The molecule has 1 heterocycles. The molecule has 0 aliphatic rings. The van der Waals surface area contributed by atoms with Gasteiger partial charge in [-0.1, -0.05) is 0 Å². The molecule has 0 aliphatic carbocycles. The van der Waals surface area contributed by atoms with Crippen LogP contribution in [0.15, 0.2) is 6.20 Å². The van der Waals surface area contributed by atoms with E-state index >= 15 is 0 Å². The summed E-state index contributed by atoms with van der Waals surface area (Å²) in [6.07, 6.45) is 1.03. The summed E-state index contributed by atoms with van der Waals surface area (Å²) in [7, 11) is 0. The Bertz CT molecular complexity index is 368. The number of aromatic nitrogens is 1. The zero-order chi connectivity index (χ0) is 10.7. The van der Waals surface area contributed by atoms with Gasteiger partial charge >= 0.3 is 11.9 Å². The average Bonchev–Trinajstić information content (AvgIpc) is 2.47. The van der Waals surface area contributed by atoms with Gasteiger partial charge in [-0.25, -0.2) is 9.59 Å². The normalized spacial score (nSPS) is 9.79. The summed E-state index contributed by atoms with van der Waals surface area (Å²) in [4.78, 5) is 23.9. The van der Waals surface area contributed by atoms with Crippen LogP contribution in [-0.2, 0) is 4.74 Å². The number of rotatable bonds is 3. The number of aromatic carboxylic acids is 1. The third-order valence-corrected chi connectivity index (χ3v) is 1.56. The third-order valence-electron chi connectivity index (χ3n) is 1.56. The van der Waals surface area contributed by atoms with Gasteiger partial charge in [-0.3, -0.25) is 0 Å². The quantitative estimate of drug-likeness (QED) is 0.619. The van der Waals surface area contributed by atoms with Gasteiger partial charge in [0, 0.05) is 6.20 Å². The minimum Gasteiger partial charge on any atom is -0.505 e. The number of H-pyrrole nitrogens is 1. The van der Waals surface area contributed by atoms with E-state index in [9.17, 15) is 14.7 Å². The molecule has 0 radical (unpaired) electrons. The molecule has 1 rings (SSSR count). The van der Waals surface area contributed by atoms with Crippen molar-refractivity contribution in [3.8, 4) is 5.75 Å². The summed E-state index contributed by atoms with van der Waals surface area (Å²) in [5.41, 5.74) is -0.600. The number of aromatic hydroxyl groups is 1. The second-order valence-corrected chi connectivity index (χ2v) is 2.45. The van der Waals surface area contributed by atoms with E-state index in [2.05, 4.69) is 9.72 Å². The first kappa shape index (κ1) is 10.1. The van der Waals surface area contributed by atoms with Gasteiger partial charge in [0.15, 0.2) is 11.4 Å². The fourth-order valence-corrected chi connectivity index (χ4v) is 0.938. The van der Waals surface area contributed by atoms with Crippen molar-refractivity contribution in [3.05, 3.63) is 17.5 Å². The SMILES string of the molecule is CCOC(=O)c1[nH]cc(C(=O)O)c1O. The number of hydrogen-bond acceptors (Lipinski definition) is 4. The molecule has 1 aromatic heterocycles. The van der Waals surface area contributed by atoms with Crippen molar-refractivity contribution in [2.75, 3.05) is 6.61 Å². The monoisotopic (exact) mass is 199 g/mol. The molecule has 0 bridgehead atoms. The fraction of sp³-hybridized carbons (Fsp3) is 0.250. The van der Waals surface area contributed by atoms with Crippen LogP contribution in [0, 0.1) is 0 Å². The smallest absolute Gasteiger partial charge is 0.358 e. The van der Waals surface area contributed by atoms with Crippen LogP contribution in [0.1, 0.15) is 27.8 Å². The van der Waals surface area contributed by atoms with Crippen molar-refractivity contribution in [2.45, 2.75) is 6.92 Å². The predicted molar refractivity (Wildman–Crippen MR) is 45.4 cm³/mol. The Morgan fingerprint density at radius 1 is 1.57 bits per heavy atom. The number of aromatic amines is 1. The van der Waals surface area contributed by atoms with Crippen LogP contribution in [0.5, 0.6) is 5.75 Å². The molecule has 6 heteroatoms. The van der Waals surface area contributed by atoms with Gasteiger partial charge in [0.1, 0.15) is 5.56 Å². The molecular formula is C8H9NO5. The zero-order valence-electron chi connectivity index (χ0n) is 7.40. The lowest BCUT2D eigenvalue weighted by Crippen LogP contribution is -2.05. The van der Waals surface area contributed by atoms with Crippen LogP contribution in [0.2, 0.25) is 0 Å². The molecule has 0 saturated heterocycles. The third kappa shape index (κ3) is 1.68. The maximum atomic E-state index is 11.1. The number of ether oxygens (including phenoxy) is 1. The molecule has 3 N–H and O–H groups in total. The lowest BCUT2D eigenvalue weighted by atomic mass is 10.3. The van der Waals surface area contributed by atoms with Gasteiger partial charge < -0.3 is 19.9 Å². The topological polar surface area (TPSA) is 99.6 Å². The van der Waals surface area contributed by atoms with Crippen LogP contribution in [-0.4, -0.2) is 33.7 Å². The summed E-state index contributed by atoms with van der Waals surface area (Å²) in [6.45, 7) is 1.76. The molecule has 0 saturated carbocycles. The Kier molecular flexibility index (Phi) is 2.76. The van der Waals surface area contributed by atoms with Crippen molar-refractivity contribution < 1.29 is 24.5 Å². The first-order chi connectivity index (χ1) is 6.57. The van der Waals surface area contributed by atoms with Crippen LogP contribution in [0.4, 0.5) is 0 Å². The molecule has 0 atom stereocenters. The van der Waals surface area contributed by atoms with E-state index in [-0.39, 0.29) is 17.9 Å². The highest BCUT2D eigenvalue weighted by Gasteiger charge is 2.21. The number of nitrogens with one attached hydrogen (secondary N) is 1. The molecule has 14 heavy (non-hydrogen) atoms. The number of hydrogen-bond donors (Lipinski definition) is 3. The summed E-state index contributed by atoms with van der Waals surface area (Å²) < 4.78 is 4.58. The van der Waals surface area contributed by atoms with E-state index in [1.165, 1.54) is 0 Å². The van der Waals surface area contributed by atoms with Gasteiger partial charge in [0.25, 0.3) is 0 Å². The van der Waals surface area contributed by atoms with Crippen molar-refractivity contribution in [2.24, 2.45) is 0 Å². The Morgan fingerprint density at radius 3 is 2.64 bits per heavy atom. The molecule has 76 valence electrons. The van der Waals surface area contributed by atoms with Crippen molar-refractivity contribution >= 4 is 11.9 Å². The van der Waals surface area contributed by atoms with Gasteiger partial charge in [-0.15, -0.1) is 0 Å². The maximum Gasteiger partial charge on any atom is 0.358 e. The Labute approximate surface area is 79.1 Å². The maximum absolute atomic E-state index is 11.1. The number of esters is 1. The number of carbonyl (C=O) groups is 2. The molecule has 0 aliphatic heterocycles. The van der Waals surface area contributed by atoms with E-state index in [1.54, 1.807) is 6.92 Å². The lowest BCUT2D eigenvalue weighted by molar-refractivity contribution is 0.0517. The molecule has 6 nitrogen and oxygen atoms in total. The first-order valence-electron chi connectivity index (χ1n) is 3.88. The van der Waals surface area contributed by atoms with Crippen LogP contribution in [0.25, 0.3) is 0 Å². The van der Waals surface area contributed by atoms with E-state index < -0.39 is 17.7 Å². The summed E-state index contributed by atoms with van der Waals surface area (Å²) in [5, 5.41) is 17.8. The van der Waals surface area contributed by atoms with Crippen LogP contribution in [0.3, 0.4) is 0 Å². The van der Waals surface area contributed by atoms with Gasteiger partial charge in [0.2, 0.25) is 0 Å².